The molecule has 3 rings (SSSR count). The lowest BCUT2D eigenvalue weighted by Crippen LogP contribution is -2.33. The standard InChI is InChI=1S/C18H14Cl3NO4/c19-12-7-14(21)16(8-13(12)20)25-10-18(24)26-9-17(23)22-6-5-11-3-1-2-4-15(11)22/h1-4,7-8H,5-6,9-10H2. The number of esters is 1. The van der Waals surface area contributed by atoms with Crippen LogP contribution in [0.1, 0.15) is 5.56 Å². The lowest BCUT2D eigenvalue weighted by atomic mass is 10.2. The third kappa shape index (κ3) is 4.23. The number of halogens is 3. The number of fused-ring (bicyclic) bond motifs is 1. The first-order valence-electron chi connectivity index (χ1n) is 7.77. The highest BCUT2D eigenvalue weighted by Crippen LogP contribution is 2.33. The molecule has 0 bridgehead atoms. The van der Waals surface area contributed by atoms with Crippen LogP contribution < -0.4 is 9.64 Å². The Balaban J connectivity index is 1.50. The number of nitrogens with zero attached hydrogens (tertiary/aromatic N) is 1. The van der Waals surface area contributed by atoms with Gasteiger partial charge in [-0.2, -0.15) is 0 Å². The van der Waals surface area contributed by atoms with Gasteiger partial charge in [0.1, 0.15) is 5.75 Å². The van der Waals surface area contributed by atoms with Crippen LogP contribution >= 0.6 is 34.8 Å². The Bertz CT molecular complexity index is 856. The van der Waals surface area contributed by atoms with Gasteiger partial charge in [0.25, 0.3) is 5.91 Å². The van der Waals surface area contributed by atoms with Gasteiger partial charge in [-0.25, -0.2) is 4.79 Å². The summed E-state index contributed by atoms with van der Waals surface area (Å²) in [4.78, 5) is 25.7. The first-order chi connectivity index (χ1) is 12.5. The number of benzene rings is 2. The van der Waals surface area contributed by atoms with Crippen LogP contribution in [0, 0.1) is 0 Å². The summed E-state index contributed by atoms with van der Waals surface area (Å²) >= 11 is 17.7. The first kappa shape index (κ1) is 18.8. The van der Waals surface area contributed by atoms with Crippen molar-refractivity contribution >= 4 is 52.4 Å². The van der Waals surface area contributed by atoms with E-state index in [1.165, 1.54) is 12.1 Å². The Morgan fingerprint density at radius 1 is 1.00 bits per heavy atom. The zero-order valence-corrected chi connectivity index (χ0v) is 15.8. The number of anilines is 1. The molecule has 2 aromatic rings. The summed E-state index contributed by atoms with van der Waals surface area (Å²) in [5, 5.41) is 0.752. The third-order valence-corrected chi connectivity index (χ3v) is 4.88. The number of carbonyl (C=O) groups excluding carboxylic acids is 2. The molecule has 2 aromatic carbocycles. The van der Waals surface area contributed by atoms with Gasteiger partial charge in [0.15, 0.2) is 13.2 Å². The topological polar surface area (TPSA) is 55.8 Å². The van der Waals surface area contributed by atoms with E-state index in [-0.39, 0.29) is 33.3 Å². The van der Waals surface area contributed by atoms with Crippen LogP contribution in [0.4, 0.5) is 5.69 Å². The highest BCUT2D eigenvalue weighted by atomic mass is 35.5. The largest absolute Gasteiger partial charge is 0.480 e. The maximum Gasteiger partial charge on any atom is 0.344 e. The number of hydrogen-bond donors (Lipinski definition) is 0. The van der Waals surface area contributed by atoms with E-state index in [2.05, 4.69) is 0 Å². The molecule has 0 saturated carbocycles. The van der Waals surface area contributed by atoms with Crippen LogP contribution in [0.25, 0.3) is 0 Å². The van der Waals surface area contributed by atoms with Gasteiger partial charge in [0, 0.05) is 18.3 Å². The molecule has 0 N–H and O–H groups in total. The van der Waals surface area contributed by atoms with Crippen molar-refractivity contribution in [2.75, 3.05) is 24.7 Å². The Morgan fingerprint density at radius 2 is 1.73 bits per heavy atom. The van der Waals surface area contributed by atoms with E-state index >= 15 is 0 Å². The second kappa shape index (κ2) is 8.16. The Hall–Kier alpha value is -1.95. The zero-order chi connectivity index (χ0) is 18.7. The molecule has 1 aliphatic heterocycles. The highest BCUT2D eigenvalue weighted by Gasteiger charge is 2.24. The fraction of sp³-hybridized carbons (Fsp3) is 0.222. The second-order valence-electron chi connectivity index (χ2n) is 5.57. The number of ether oxygens (including phenoxy) is 2. The minimum Gasteiger partial charge on any atom is -0.480 e. The molecule has 0 unspecified atom stereocenters. The minimum absolute atomic E-state index is 0.206. The molecule has 1 amide bonds. The van der Waals surface area contributed by atoms with Gasteiger partial charge in [-0.1, -0.05) is 53.0 Å². The molecule has 26 heavy (non-hydrogen) atoms. The lowest BCUT2D eigenvalue weighted by molar-refractivity contribution is -0.149. The van der Waals surface area contributed by atoms with Gasteiger partial charge in [-0.3, -0.25) is 4.79 Å². The molecule has 0 atom stereocenters. The minimum atomic E-state index is -0.687. The molecule has 0 saturated heterocycles. The van der Waals surface area contributed by atoms with Gasteiger partial charge >= 0.3 is 5.97 Å². The van der Waals surface area contributed by atoms with Crippen LogP contribution in [0.3, 0.4) is 0 Å². The predicted molar refractivity (Wildman–Crippen MR) is 100 cm³/mol. The molecular weight excluding hydrogens is 401 g/mol. The lowest BCUT2D eigenvalue weighted by Gasteiger charge is -2.17. The van der Waals surface area contributed by atoms with E-state index in [9.17, 15) is 9.59 Å². The summed E-state index contributed by atoms with van der Waals surface area (Å²) in [5.41, 5.74) is 1.96. The summed E-state index contributed by atoms with van der Waals surface area (Å²) in [6, 6.07) is 10.5. The summed E-state index contributed by atoms with van der Waals surface area (Å²) in [6.07, 6.45) is 0.787. The molecule has 0 aliphatic carbocycles. The van der Waals surface area contributed by atoms with Crippen molar-refractivity contribution in [2.24, 2.45) is 0 Å². The number of carbonyl (C=O) groups is 2. The van der Waals surface area contributed by atoms with Gasteiger partial charge < -0.3 is 14.4 Å². The molecule has 1 aliphatic rings. The SMILES string of the molecule is O=C(COc1cc(Cl)c(Cl)cc1Cl)OCC(=O)N1CCc2ccccc21. The normalized spacial score (nSPS) is 12.7. The van der Waals surface area contributed by atoms with Gasteiger partial charge in [0.05, 0.1) is 15.1 Å². The van der Waals surface area contributed by atoms with Crippen molar-refractivity contribution in [2.45, 2.75) is 6.42 Å². The molecule has 0 spiro atoms. The molecule has 136 valence electrons. The number of rotatable bonds is 5. The van der Waals surface area contributed by atoms with Gasteiger partial charge in [0.2, 0.25) is 0 Å². The quantitative estimate of drug-likeness (QED) is 0.544. The molecule has 0 fully saturated rings. The third-order valence-electron chi connectivity index (χ3n) is 3.87. The molecule has 0 aromatic heterocycles. The summed E-state index contributed by atoms with van der Waals surface area (Å²) in [7, 11) is 0. The van der Waals surface area contributed by atoms with Crippen LogP contribution in [-0.2, 0) is 20.7 Å². The van der Waals surface area contributed by atoms with Crippen LogP contribution in [0.5, 0.6) is 5.75 Å². The molecular formula is C18H14Cl3NO4. The van der Waals surface area contributed by atoms with Crippen molar-refractivity contribution < 1.29 is 19.1 Å². The molecule has 1 heterocycles. The number of para-hydroxylation sites is 1. The average Bonchev–Trinajstić information content (AvgIpc) is 3.06. The van der Waals surface area contributed by atoms with E-state index in [1.807, 2.05) is 24.3 Å². The number of amides is 1. The maximum atomic E-state index is 12.3. The summed E-state index contributed by atoms with van der Waals surface area (Å²) in [6.45, 7) is -0.182. The van der Waals surface area contributed by atoms with Gasteiger partial charge in [-0.05, 0) is 24.1 Å². The zero-order valence-electron chi connectivity index (χ0n) is 13.5. The highest BCUT2D eigenvalue weighted by molar-refractivity contribution is 6.43. The summed E-state index contributed by atoms with van der Waals surface area (Å²) in [5.74, 6) is -0.762. The van der Waals surface area contributed by atoms with Crippen molar-refractivity contribution in [1.29, 1.82) is 0 Å². The number of hydrogen-bond acceptors (Lipinski definition) is 4. The van der Waals surface area contributed by atoms with Crippen LogP contribution in [0.15, 0.2) is 36.4 Å². The van der Waals surface area contributed by atoms with Crippen molar-refractivity contribution in [3.8, 4) is 5.75 Å². The smallest absolute Gasteiger partial charge is 0.344 e. The first-order valence-corrected chi connectivity index (χ1v) is 8.90. The Kier molecular flexibility index (Phi) is 5.91. The van der Waals surface area contributed by atoms with Crippen molar-refractivity contribution in [3.05, 3.63) is 57.0 Å². The molecule has 8 heteroatoms. The van der Waals surface area contributed by atoms with Crippen LogP contribution in [-0.4, -0.2) is 31.6 Å². The van der Waals surface area contributed by atoms with Crippen molar-refractivity contribution in [3.63, 3.8) is 0 Å². The van der Waals surface area contributed by atoms with Gasteiger partial charge in [-0.15, -0.1) is 0 Å². The fourth-order valence-electron chi connectivity index (χ4n) is 2.61. The van der Waals surface area contributed by atoms with E-state index in [4.69, 9.17) is 44.3 Å². The van der Waals surface area contributed by atoms with E-state index in [1.54, 1.807) is 4.90 Å². The van der Waals surface area contributed by atoms with E-state index in [0.29, 0.717) is 6.54 Å². The maximum absolute atomic E-state index is 12.3. The Labute approximate surface area is 165 Å². The predicted octanol–water partition coefficient (Wildman–Crippen LogP) is 4.16. The van der Waals surface area contributed by atoms with E-state index in [0.717, 1.165) is 17.7 Å². The second-order valence-corrected chi connectivity index (χ2v) is 6.79. The average molecular weight is 415 g/mol. The van der Waals surface area contributed by atoms with Crippen molar-refractivity contribution in [1.82, 2.24) is 0 Å². The Morgan fingerprint density at radius 3 is 2.54 bits per heavy atom. The van der Waals surface area contributed by atoms with Crippen LogP contribution in [0.2, 0.25) is 15.1 Å². The fourth-order valence-corrected chi connectivity index (χ4v) is 3.20. The van der Waals surface area contributed by atoms with E-state index < -0.39 is 12.6 Å². The molecule has 5 nitrogen and oxygen atoms in total. The summed E-state index contributed by atoms with van der Waals surface area (Å²) < 4.78 is 10.3. The monoisotopic (exact) mass is 413 g/mol. The molecule has 0 radical (unpaired) electrons.